The number of aliphatic hydroxyl groups excluding tert-OH is 1. The van der Waals surface area contributed by atoms with Crippen LogP contribution >= 0.6 is 0 Å². The van der Waals surface area contributed by atoms with Gasteiger partial charge in [0.1, 0.15) is 0 Å². The topological polar surface area (TPSA) is 66.4 Å². The second kappa shape index (κ2) is 6.74. The third-order valence-corrected chi connectivity index (χ3v) is 3.58. The molecule has 4 nitrogen and oxygen atoms in total. The first-order valence-electron chi connectivity index (χ1n) is 5.64. The molecule has 0 amide bonds. The van der Waals surface area contributed by atoms with Crippen LogP contribution < -0.4 is 5.32 Å². The molecule has 2 N–H and O–H groups in total. The molecule has 96 valence electrons. The summed E-state index contributed by atoms with van der Waals surface area (Å²) in [6, 6.07) is 6.95. The van der Waals surface area contributed by atoms with Crippen LogP contribution in [-0.2, 0) is 16.3 Å². The van der Waals surface area contributed by atoms with E-state index in [1.54, 1.807) is 12.1 Å². The Hall–Kier alpha value is -0.910. The van der Waals surface area contributed by atoms with E-state index in [0.29, 0.717) is 4.90 Å². The fraction of sp³-hybridized carbons (Fsp3) is 0.500. The fourth-order valence-corrected chi connectivity index (χ4v) is 2.10. The molecule has 1 rings (SSSR count). The first-order valence-corrected chi connectivity index (χ1v) is 7.54. The summed E-state index contributed by atoms with van der Waals surface area (Å²) in [5.74, 6) is 0. The van der Waals surface area contributed by atoms with Gasteiger partial charge in [-0.05, 0) is 43.6 Å². The summed E-state index contributed by atoms with van der Waals surface area (Å²) in [7, 11) is -3.10. The molecule has 0 bridgehead atoms. The van der Waals surface area contributed by atoms with Gasteiger partial charge in [-0.1, -0.05) is 12.1 Å². The third kappa shape index (κ3) is 5.30. The summed E-state index contributed by atoms with van der Waals surface area (Å²) in [4.78, 5) is 0.356. The first kappa shape index (κ1) is 14.2. The predicted molar refractivity (Wildman–Crippen MR) is 67.8 cm³/mol. The van der Waals surface area contributed by atoms with Crippen LogP contribution in [0.2, 0.25) is 0 Å². The van der Waals surface area contributed by atoms with Crippen LogP contribution in [0.15, 0.2) is 29.2 Å². The van der Waals surface area contributed by atoms with Gasteiger partial charge >= 0.3 is 0 Å². The fourth-order valence-electron chi connectivity index (χ4n) is 1.47. The van der Waals surface area contributed by atoms with Gasteiger partial charge in [-0.15, -0.1) is 0 Å². The zero-order valence-electron chi connectivity index (χ0n) is 10.0. The summed E-state index contributed by atoms with van der Waals surface area (Å²) >= 11 is 0. The Labute approximate surface area is 103 Å². The van der Waals surface area contributed by atoms with Crippen molar-refractivity contribution in [3.05, 3.63) is 29.8 Å². The summed E-state index contributed by atoms with van der Waals surface area (Å²) in [5.41, 5.74) is 1.11. The van der Waals surface area contributed by atoms with Gasteiger partial charge in [-0.2, -0.15) is 0 Å². The lowest BCUT2D eigenvalue weighted by Gasteiger charge is -2.04. The number of rotatable bonds is 7. The molecule has 0 unspecified atom stereocenters. The van der Waals surface area contributed by atoms with Crippen molar-refractivity contribution in [1.82, 2.24) is 5.32 Å². The van der Waals surface area contributed by atoms with Crippen molar-refractivity contribution in [2.24, 2.45) is 0 Å². The summed E-state index contributed by atoms with van der Waals surface area (Å²) in [6.45, 7) is 1.84. The molecule has 0 aromatic heterocycles. The Morgan fingerprint density at radius 2 is 1.82 bits per heavy atom. The minimum Gasteiger partial charge on any atom is -0.396 e. The highest BCUT2D eigenvalue weighted by molar-refractivity contribution is 7.90. The Bertz CT molecular complexity index is 426. The lowest BCUT2D eigenvalue weighted by molar-refractivity contribution is 0.286. The van der Waals surface area contributed by atoms with E-state index in [2.05, 4.69) is 5.32 Å². The largest absolute Gasteiger partial charge is 0.396 e. The van der Waals surface area contributed by atoms with Crippen molar-refractivity contribution in [3.8, 4) is 0 Å². The zero-order chi connectivity index (χ0) is 12.7. The number of hydrogen-bond donors (Lipinski definition) is 2. The molecule has 0 saturated carbocycles. The molecule has 0 aliphatic carbocycles. The molecule has 0 spiro atoms. The number of nitrogens with one attached hydrogen (secondary N) is 1. The van der Waals surface area contributed by atoms with Crippen LogP contribution in [-0.4, -0.2) is 39.5 Å². The Morgan fingerprint density at radius 3 is 2.35 bits per heavy atom. The molecular weight excluding hydrogens is 238 g/mol. The number of sulfone groups is 1. The van der Waals surface area contributed by atoms with Gasteiger partial charge in [-0.3, -0.25) is 0 Å². The summed E-state index contributed by atoms with van der Waals surface area (Å²) in [5, 5.41) is 11.8. The van der Waals surface area contributed by atoms with E-state index in [9.17, 15) is 8.42 Å². The van der Waals surface area contributed by atoms with E-state index in [4.69, 9.17) is 5.11 Å². The smallest absolute Gasteiger partial charge is 0.175 e. The average molecular weight is 257 g/mol. The highest BCUT2D eigenvalue weighted by Crippen LogP contribution is 2.10. The number of aliphatic hydroxyl groups is 1. The van der Waals surface area contributed by atoms with E-state index in [0.717, 1.165) is 31.5 Å². The van der Waals surface area contributed by atoms with Crippen molar-refractivity contribution in [2.45, 2.75) is 17.7 Å². The van der Waals surface area contributed by atoms with Gasteiger partial charge in [0, 0.05) is 12.9 Å². The second-order valence-corrected chi connectivity index (χ2v) is 6.01. The predicted octanol–water partition coefficient (Wildman–Crippen LogP) is 0.605. The maximum Gasteiger partial charge on any atom is 0.175 e. The van der Waals surface area contributed by atoms with E-state index in [1.807, 2.05) is 12.1 Å². The van der Waals surface area contributed by atoms with Gasteiger partial charge in [0.15, 0.2) is 9.84 Å². The molecule has 1 aromatic rings. The average Bonchev–Trinajstić information content (AvgIpc) is 2.28. The normalized spacial score (nSPS) is 11.6. The van der Waals surface area contributed by atoms with E-state index in [-0.39, 0.29) is 6.61 Å². The van der Waals surface area contributed by atoms with Crippen LogP contribution in [0.3, 0.4) is 0 Å². The SMILES string of the molecule is CS(=O)(=O)c1ccc(CCNCCCO)cc1. The van der Waals surface area contributed by atoms with Crippen LogP contribution in [0.5, 0.6) is 0 Å². The maximum absolute atomic E-state index is 11.2. The molecule has 1 aromatic carbocycles. The molecule has 0 aliphatic rings. The van der Waals surface area contributed by atoms with Crippen LogP contribution in [0, 0.1) is 0 Å². The molecule has 0 saturated heterocycles. The van der Waals surface area contributed by atoms with E-state index < -0.39 is 9.84 Å². The van der Waals surface area contributed by atoms with Gasteiger partial charge in [0.2, 0.25) is 0 Å². The Balaban J connectivity index is 2.41. The van der Waals surface area contributed by atoms with Crippen LogP contribution in [0.25, 0.3) is 0 Å². The number of benzene rings is 1. The van der Waals surface area contributed by atoms with Gasteiger partial charge in [-0.25, -0.2) is 8.42 Å². The van der Waals surface area contributed by atoms with E-state index >= 15 is 0 Å². The highest BCUT2D eigenvalue weighted by atomic mass is 32.2. The van der Waals surface area contributed by atoms with E-state index in [1.165, 1.54) is 6.26 Å². The molecule has 0 heterocycles. The Morgan fingerprint density at radius 1 is 1.18 bits per heavy atom. The molecule has 0 atom stereocenters. The lowest BCUT2D eigenvalue weighted by atomic mass is 10.1. The van der Waals surface area contributed by atoms with Gasteiger partial charge in [0.25, 0.3) is 0 Å². The van der Waals surface area contributed by atoms with Gasteiger partial charge in [0.05, 0.1) is 4.90 Å². The molecule has 17 heavy (non-hydrogen) atoms. The monoisotopic (exact) mass is 257 g/mol. The van der Waals surface area contributed by atoms with Gasteiger partial charge < -0.3 is 10.4 Å². The van der Waals surface area contributed by atoms with Crippen molar-refractivity contribution in [3.63, 3.8) is 0 Å². The minimum absolute atomic E-state index is 0.204. The zero-order valence-corrected chi connectivity index (χ0v) is 10.8. The van der Waals surface area contributed by atoms with Crippen molar-refractivity contribution >= 4 is 9.84 Å². The lowest BCUT2D eigenvalue weighted by Crippen LogP contribution is -2.19. The standard InChI is InChI=1S/C12H19NO3S/c1-17(15,16)12-5-3-11(4-6-12)7-9-13-8-2-10-14/h3-6,13-14H,2,7-10H2,1H3. The summed E-state index contributed by atoms with van der Waals surface area (Å²) in [6.07, 6.45) is 2.82. The Kier molecular flexibility index (Phi) is 5.61. The molecule has 0 radical (unpaired) electrons. The minimum atomic E-state index is -3.10. The number of hydrogen-bond acceptors (Lipinski definition) is 4. The quantitative estimate of drug-likeness (QED) is 0.702. The summed E-state index contributed by atoms with van der Waals surface area (Å²) < 4.78 is 22.5. The second-order valence-electron chi connectivity index (χ2n) is 3.99. The molecule has 0 fully saturated rings. The maximum atomic E-state index is 11.2. The molecule has 5 heteroatoms. The van der Waals surface area contributed by atoms with Crippen LogP contribution in [0.1, 0.15) is 12.0 Å². The van der Waals surface area contributed by atoms with Crippen molar-refractivity contribution in [1.29, 1.82) is 0 Å². The third-order valence-electron chi connectivity index (χ3n) is 2.45. The van der Waals surface area contributed by atoms with Crippen molar-refractivity contribution in [2.75, 3.05) is 26.0 Å². The van der Waals surface area contributed by atoms with Crippen molar-refractivity contribution < 1.29 is 13.5 Å². The highest BCUT2D eigenvalue weighted by Gasteiger charge is 2.05. The molecule has 0 aliphatic heterocycles. The molecular formula is C12H19NO3S. The first-order chi connectivity index (χ1) is 8.04. The van der Waals surface area contributed by atoms with Crippen LogP contribution in [0.4, 0.5) is 0 Å².